The molecule has 2 rings (SSSR count). The Morgan fingerprint density at radius 2 is 2.00 bits per heavy atom. The summed E-state index contributed by atoms with van der Waals surface area (Å²) in [6.07, 6.45) is 0. The number of carbonyl (C=O) groups excluding carboxylic acids is 1. The molecule has 0 unspecified atom stereocenters. The van der Waals surface area contributed by atoms with Crippen molar-refractivity contribution in [2.45, 2.75) is 0 Å². The van der Waals surface area contributed by atoms with Crippen LogP contribution in [0.15, 0.2) is 40.9 Å². The summed E-state index contributed by atoms with van der Waals surface area (Å²) < 4.78 is 19.1. The van der Waals surface area contributed by atoms with Crippen LogP contribution in [0.5, 0.6) is 5.75 Å². The Kier molecular flexibility index (Phi) is 4.22. The summed E-state index contributed by atoms with van der Waals surface area (Å²) in [5.74, 6) is -0.829. The summed E-state index contributed by atoms with van der Waals surface area (Å²) in [7, 11) is 1.37. The molecule has 98 valence electrons. The van der Waals surface area contributed by atoms with Gasteiger partial charge < -0.3 is 4.74 Å². The van der Waals surface area contributed by atoms with E-state index in [0.29, 0.717) is 10.6 Å². The molecule has 2 aromatic rings. The third-order valence-corrected chi connectivity index (χ3v) is 3.41. The lowest BCUT2D eigenvalue weighted by Crippen LogP contribution is -2.03. The van der Waals surface area contributed by atoms with E-state index in [1.807, 2.05) is 0 Å². The molecule has 0 N–H and O–H groups in total. The molecule has 0 spiro atoms. The van der Waals surface area contributed by atoms with Crippen LogP contribution >= 0.6 is 27.5 Å². The van der Waals surface area contributed by atoms with Crippen LogP contribution in [-0.2, 0) is 0 Å². The van der Waals surface area contributed by atoms with Gasteiger partial charge in [0, 0.05) is 15.6 Å². The van der Waals surface area contributed by atoms with E-state index in [9.17, 15) is 9.18 Å². The maximum atomic E-state index is 13.6. The first-order valence-corrected chi connectivity index (χ1v) is 6.53. The van der Waals surface area contributed by atoms with Gasteiger partial charge in [-0.05, 0) is 36.4 Å². The maximum absolute atomic E-state index is 13.6. The summed E-state index contributed by atoms with van der Waals surface area (Å²) in [5, 5.41) is 0.324. The molecule has 0 bridgehead atoms. The fraction of sp³-hybridized carbons (Fsp3) is 0.0714. The van der Waals surface area contributed by atoms with Gasteiger partial charge in [-0.2, -0.15) is 0 Å². The van der Waals surface area contributed by atoms with Gasteiger partial charge in [0.05, 0.1) is 12.1 Å². The zero-order valence-corrected chi connectivity index (χ0v) is 12.3. The average Bonchev–Trinajstić information content (AvgIpc) is 2.40. The van der Waals surface area contributed by atoms with Crippen LogP contribution in [0.3, 0.4) is 0 Å². The Morgan fingerprint density at radius 3 is 2.63 bits per heavy atom. The molecule has 0 saturated carbocycles. The summed E-state index contributed by atoms with van der Waals surface area (Å²) in [5.41, 5.74) is 0.541. The molecule has 0 atom stereocenters. The highest BCUT2D eigenvalue weighted by atomic mass is 79.9. The van der Waals surface area contributed by atoms with E-state index in [-0.39, 0.29) is 17.1 Å². The van der Waals surface area contributed by atoms with Crippen LogP contribution in [0.4, 0.5) is 4.39 Å². The molecule has 0 aliphatic heterocycles. The van der Waals surface area contributed by atoms with Crippen molar-refractivity contribution >= 4 is 33.3 Å². The third kappa shape index (κ3) is 2.96. The molecule has 2 aromatic carbocycles. The largest absolute Gasteiger partial charge is 0.494 e. The normalized spacial score (nSPS) is 10.3. The Morgan fingerprint density at radius 1 is 1.26 bits per heavy atom. The quantitative estimate of drug-likeness (QED) is 0.768. The van der Waals surface area contributed by atoms with Gasteiger partial charge in [-0.1, -0.05) is 27.5 Å². The molecule has 0 aliphatic carbocycles. The van der Waals surface area contributed by atoms with Gasteiger partial charge in [0.1, 0.15) is 0 Å². The van der Waals surface area contributed by atoms with Crippen LogP contribution in [0, 0.1) is 5.82 Å². The standard InChI is InChI=1S/C14H9BrClFO2/c1-19-13-5-2-8(6-12(13)17)14(18)10-7-9(15)3-4-11(10)16/h2-7H,1H3. The van der Waals surface area contributed by atoms with E-state index >= 15 is 0 Å². The van der Waals surface area contributed by atoms with Crippen LogP contribution in [0.25, 0.3) is 0 Å². The number of hydrogen-bond acceptors (Lipinski definition) is 2. The predicted octanol–water partition coefficient (Wildman–Crippen LogP) is 4.48. The molecule has 0 heterocycles. The number of benzene rings is 2. The lowest BCUT2D eigenvalue weighted by molar-refractivity contribution is 0.103. The minimum Gasteiger partial charge on any atom is -0.494 e. The first kappa shape index (κ1) is 14.0. The SMILES string of the molecule is COc1ccc(C(=O)c2cc(Br)ccc2Cl)cc1F. The van der Waals surface area contributed by atoms with Crippen molar-refractivity contribution in [1.82, 2.24) is 0 Å². The molecule has 0 radical (unpaired) electrons. The van der Waals surface area contributed by atoms with E-state index in [2.05, 4.69) is 15.9 Å². The Labute approximate surface area is 123 Å². The molecule has 5 heteroatoms. The van der Waals surface area contributed by atoms with Crippen molar-refractivity contribution in [3.05, 3.63) is 62.8 Å². The molecule has 0 saturated heterocycles. The molecule has 0 aliphatic rings. The van der Waals surface area contributed by atoms with Gasteiger partial charge in [-0.25, -0.2) is 4.39 Å². The number of methoxy groups -OCH3 is 1. The van der Waals surface area contributed by atoms with Crippen LogP contribution < -0.4 is 4.74 Å². The first-order valence-electron chi connectivity index (χ1n) is 5.36. The molecular formula is C14H9BrClFO2. The van der Waals surface area contributed by atoms with Gasteiger partial charge in [-0.15, -0.1) is 0 Å². The van der Waals surface area contributed by atoms with Crippen LogP contribution in [-0.4, -0.2) is 12.9 Å². The molecule has 2 nitrogen and oxygen atoms in total. The second kappa shape index (κ2) is 5.72. The van der Waals surface area contributed by atoms with Crippen molar-refractivity contribution in [3.63, 3.8) is 0 Å². The Balaban J connectivity index is 2.44. The number of rotatable bonds is 3. The summed E-state index contributed by atoms with van der Waals surface area (Å²) in [6.45, 7) is 0. The van der Waals surface area contributed by atoms with E-state index < -0.39 is 5.82 Å². The van der Waals surface area contributed by atoms with Gasteiger partial charge in [-0.3, -0.25) is 4.79 Å². The summed E-state index contributed by atoms with van der Waals surface area (Å²) in [4.78, 5) is 12.3. The second-order valence-corrected chi connectivity index (χ2v) is 5.13. The van der Waals surface area contributed by atoms with Gasteiger partial charge in [0.15, 0.2) is 17.3 Å². The van der Waals surface area contributed by atoms with E-state index in [1.54, 1.807) is 18.2 Å². The minimum absolute atomic E-state index is 0.0943. The van der Waals surface area contributed by atoms with Gasteiger partial charge in [0.25, 0.3) is 0 Å². The monoisotopic (exact) mass is 342 g/mol. The summed E-state index contributed by atoms with van der Waals surface area (Å²) >= 11 is 9.25. The number of ether oxygens (including phenoxy) is 1. The molecule has 0 aromatic heterocycles. The zero-order valence-electron chi connectivity index (χ0n) is 9.91. The fourth-order valence-electron chi connectivity index (χ4n) is 1.63. The summed E-state index contributed by atoms with van der Waals surface area (Å²) in [6, 6.07) is 8.99. The lowest BCUT2D eigenvalue weighted by atomic mass is 10.0. The van der Waals surface area contributed by atoms with E-state index in [1.165, 1.54) is 19.2 Å². The Hall–Kier alpha value is -1.39. The van der Waals surface area contributed by atoms with Crippen LogP contribution in [0.2, 0.25) is 5.02 Å². The van der Waals surface area contributed by atoms with Gasteiger partial charge in [0.2, 0.25) is 0 Å². The zero-order chi connectivity index (χ0) is 14.0. The number of hydrogen-bond donors (Lipinski definition) is 0. The predicted molar refractivity (Wildman–Crippen MR) is 75.5 cm³/mol. The van der Waals surface area contributed by atoms with Crippen molar-refractivity contribution < 1.29 is 13.9 Å². The topological polar surface area (TPSA) is 26.3 Å². The number of halogens is 3. The van der Waals surface area contributed by atoms with Crippen molar-refractivity contribution in [3.8, 4) is 5.75 Å². The lowest BCUT2D eigenvalue weighted by Gasteiger charge is -2.06. The van der Waals surface area contributed by atoms with Crippen molar-refractivity contribution in [1.29, 1.82) is 0 Å². The van der Waals surface area contributed by atoms with Crippen LogP contribution in [0.1, 0.15) is 15.9 Å². The second-order valence-electron chi connectivity index (χ2n) is 3.80. The van der Waals surface area contributed by atoms with Gasteiger partial charge >= 0.3 is 0 Å². The minimum atomic E-state index is -0.584. The van der Waals surface area contributed by atoms with E-state index in [4.69, 9.17) is 16.3 Å². The average molecular weight is 344 g/mol. The van der Waals surface area contributed by atoms with E-state index in [0.717, 1.165) is 10.5 Å². The highest BCUT2D eigenvalue weighted by Gasteiger charge is 2.15. The molecule has 0 amide bonds. The van der Waals surface area contributed by atoms with Crippen molar-refractivity contribution in [2.24, 2.45) is 0 Å². The molecule has 0 fully saturated rings. The molecule has 19 heavy (non-hydrogen) atoms. The Bertz CT molecular complexity index is 643. The highest BCUT2D eigenvalue weighted by molar-refractivity contribution is 9.10. The maximum Gasteiger partial charge on any atom is 0.194 e. The number of ketones is 1. The molecular weight excluding hydrogens is 335 g/mol. The smallest absolute Gasteiger partial charge is 0.194 e. The third-order valence-electron chi connectivity index (χ3n) is 2.59. The first-order chi connectivity index (χ1) is 9.02. The number of carbonyl (C=O) groups is 1. The fourth-order valence-corrected chi connectivity index (χ4v) is 2.20. The van der Waals surface area contributed by atoms with Crippen molar-refractivity contribution in [2.75, 3.05) is 7.11 Å². The highest BCUT2D eigenvalue weighted by Crippen LogP contribution is 2.25.